The minimum atomic E-state index is 0.593. The van der Waals surface area contributed by atoms with Gasteiger partial charge in [-0.1, -0.05) is 133 Å². The van der Waals surface area contributed by atoms with Crippen LogP contribution in [0.15, 0.2) is 217 Å². The van der Waals surface area contributed by atoms with Crippen LogP contribution in [0.25, 0.3) is 133 Å². The van der Waals surface area contributed by atoms with Gasteiger partial charge in [0.25, 0.3) is 0 Å². The summed E-state index contributed by atoms with van der Waals surface area (Å²) in [7, 11) is 0. The van der Waals surface area contributed by atoms with Crippen molar-refractivity contribution in [3.8, 4) is 45.5 Å². The third-order valence-electron chi connectivity index (χ3n) is 13.1. The monoisotopic (exact) mass is 829 g/mol. The Morgan fingerprint density at radius 1 is 0.308 bits per heavy atom. The van der Waals surface area contributed by atoms with Gasteiger partial charge >= 0.3 is 0 Å². The number of fused-ring (bicyclic) bond motifs is 12. The summed E-state index contributed by atoms with van der Waals surface area (Å²) in [4.78, 5) is 15.5. The fourth-order valence-electron chi connectivity index (χ4n) is 10.2. The predicted molar refractivity (Wildman–Crippen MR) is 267 cm³/mol. The highest BCUT2D eigenvalue weighted by Gasteiger charge is 2.21. The van der Waals surface area contributed by atoms with Crippen LogP contribution in [-0.2, 0) is 0 Å². The van der Waals surface area contributed by atoms with E-state index in [1.165, 1.54) is 26.9 Å². The molecule has 0 radical (unpaired) electrons. The highest BCUT2D eigenvalue weighted by atomic mass is 16.3. The number of benzene rings is 10. The van der Waals surface area contributed by atoms with Gasteiger partial charge in [-0.15, -0.1) is 0 Å². The molecular weight excluding hydrogens is 795 g/mol. The average molecular weight is 830 g/mol. The first kappa shape index (κ1) is 35.7. The van der Waals surface area contributed by atoms with Crippen LogP contribution in [0.1, 0.15) is 0 Å². The molecule has 65 heavy (non-hydrogen) atoms. The minimum absolute atomic E-state index is 0.593. The van der Waals surface area contributed by atoms with E-state index in [0.29, 0.717) is 17.5 Å². The summed E-state index contributed by atoms with van der Waals surface area (Å²) in [6.45, 7) is 0. The summed E-state index contributed by atoms with van der Waals surface area (Å²) in [6, 6.07) is 75.0. The Labute approximate surface area is 371 Å². The Hall–Kier alpha value is -8.87. The lowest BCUT2D eigenvalue weighted by Crippen LogP contribution is -2.00. The first-order valence-electron chi connectivity index (χ1n) is 21.9. The van der Waals surface area contributed by atoms with E-state index in [2.05, 4.69) is 203 Å². The van der Waals surface area contributed by atoms with Crippen molar-refractivity contribution >= 4 is 87.1 Å². The molecule has 302 valence electrons. The lowest BCUT2D eigenvalue weighted by atomic mass is 10.0. The first-order valence-corrected chi connectivity index (χ1v) is 21.9. The van der Waals surface area contributed by atoms with Gasteiger partial charge in [-0.05, 0) is 89.0 Å². The second kappa shape index (κ2) is 13.8. The van der Waals surface area contributed by atoms with Gasteiger partial charge in [0.05, 0.1) is 27.8 Å². The van der Waals surface area contributed by atoms with E-state index < -0.39 is 0 Å². The predicted octanol–water partition coefficient (Wildman–Crippen LogP) is 15.3. The molecule has 0 atom stereocenters. The third kappa shape index (κ3) is 5.44. The zero-order valence-electron chi connectivity index (χ0n) is 34.9. The highest BCUT2D eigenvalue weighted by Crippen LogP contribution is 2.43. The summed E-state index contributed by atoms with van der Waals surface area (Å²) < 4.78 is 11.5. The van der Waals surface area contributed by atoms with Crippen LogP contribution in [0.2, 0.25) is 0 Å². The number of furan rings is 1. The summed E-state index contributed by atoms with van der Waals surface area (Å²) in [5.41, 5.74) is 11.1. The van der Waals surface area contributed by atoms with Crippen molar-refractivity contribution in [1.82, 2.24) is 24.1 Å². The highest BCUT2D eigenvalue weighted by molar-refractivity contribution is 6.22. The maximum atomic E-state index is 6.81. The van der Waals surface area contributed by atoms with Crippen molar-refractivity contribution in [2.24, 2.45) is 0 Å². The molecule has 0 bridgehead atoms. The summed E-state index contributed by atoms with van der Waals surface area (Å²) in [5, 5.41) is 11.5. The van der Waals surface area contributed by atoms with Crippen LogP contribution in [0.4, 0.5) is 0 Å². The van der Waals surface area contributed by atoms with Crippen molar-refractivity contribution in [2.45, 2.75) is 0 Å². The van der Waals surface area contributed by atoms with Gasteiger partial charge in [0.1, 0.15) is 11.2 Å². The van der Waals surface area contributed by atoms with E-state index in [1.807, 2.05) is 18.2 Å². The van der Waals surface area contributed by atoms with Crippen molar-refractivity contribution in [1.29, 1.82) is 0 Å². The third-order valence-corrected chi connectivity index (χ3v) is 13.1. The zero-order valence-corrected chi connectivity index (χ0v) is 34.9. The largest absolute Gasteiger partial charge is 0.456 e. The number of hydrogen-bond donors (Lipinski definition) is 0. The van der Waals surface area contributed by atoms with E-state index in [-0.39, 0.29) is 0 Å². The average Bonchev–Trinajstić information content (AvgIpc) is 4.02. The topological polar surface area (TPSA) is 61.7 Å². The zero-order chi connectivity index (χ0) is 42.6. The first-order chi connectivity index (χ1) is 32.2. The van der Waals surface area contributed by atoms with Crippen LogP contribution in [-0.4, -0.2) is 24.1 Å². The van der Waals surface area contributed by atoms with Crippen molar-refractivity contribution in [3.63, 3.8) is 0 Å². The fourth-order valence-corrected chi connectivity index (χ4v) is 10.2. The maximum absolute atomic E-state index is 6.81. The molecule has 4 heterocycles. The molecule has 0 N–H and O–H groups in total. The van der Waals surface area contributed by atoms with E-state index >= 15 is 0 Å². The van der Waals surface area contributed by atoms with Gasteiger partial charge in [-0.25, -0.2) is 15.0 Å². The number of nitrogens with zero attached hydrogens (tertiary/aromatic N) is 5. The Bertz CT molecular complexity index is 4240. The lowest BCUT2D eigenvalue weighted by Gasteiger charge is -2.13. The SMILES string of the molecule is c1ccc(-c2nc(-c3ccc4oc5cc(-n6c7ccccc7c7cc8ccccc8cc76)c6ccccc6c5c4c3)nc(-c3ccc4c(c3)c3ccccc3n4-c3ccccc3)n2)cc1. The number of rotatable bonds is 5. The van der Waals surface area contributed by atoms with E-state index in [1.54, 1.807) is 0 Å². The van der Waals surface area contributed by atoms with E-state index in [9.17, 15) is 0 Å². The van der Waals surface area contributed by atoms with Gasteiger partial charge in [-0.2, -0.15) is 0 Å². The van der Waals surface area contributed by atoms with Gasteiger partial charge in [0.15, 0.2) is 17.5 Å². The molecule has 0 aliphatic carbocycles. The van der Waals surface area contributed by atoms with Gasteiger partial charge in [0.2, 0.25) is 0 Å². The molecule has 0 unspecified atom stereocenters. The molecule has 0 saturated carbocycles. The molecule has 0 saturated heterocycles. The molecule has 6 nitrogen and oxygen atoms in total. The summed E-state index contributed by atoms with van der Waals surface area (Å²) in [6.07, 6.45) is 0. The smallest absolute Gasteiger partial charge is 0.164 e. The molecule has 0 aliphatic heterocycles. The quantitative estimate of drug-likeness (QED) is 0.173. The summed E-state index contributed by atoms with van der Waals surface area (Å²) in [5.74, 6) is 1.82. The molecule has 4 aromatic heterocycles. The standard InChI is InChI=1S/C59H35N5O/c1-3-15-36(16-4-1)57-60-58(39-27-29-51-46(32-39)43-22-11-13-25-49(43)63(51)41-19-5-2-6-20-41)62-59(61-57)40-28-30-54-48(33-40)56-45-24-10-9-21-42(45)53(35-55(56)65-54)64-50-26-14-12-23-44(50)47-31-37-17-7-8-18-38(37)34-52(47)64/h1-35H. The normalized spacial score (nSPS) is 12.0. The molecule has 14 rings (SSSR count). The minimum Gasteiger partial charge on any atom is -0.456 e. The number of aromatic nitrogens is 5. The van der Waals surface area contributed by atoms with Crippen LogP contribution < -0.4 is 0 Å². The Morgan fingerprint density at radius 3 is 1.55 bits per heavy atom. The van der Waals surface area contributed by atoms with Crippen LogP contribution in [0, 0.1) is 0 Å². The van der Waals surface area contributed by atoms with Crippen molar-refractivity contribution in [2.75, 3.05) is 0 Å². The van der Waals surface area contributed by atoms with Crippen LogP contribution >= 0.6 is 0 Å². The molecule has 0 fully saturated rings. The molecule has 0 aliphatic rings. The Morgan fingerprint density at radius 2 is 0.831 bits per heavy atom. The van der Waals surface area contributed by atoms with E-state index in [0.717, 1.165) is 88.2 Å². The maximum Gasteiger partial charge on any atom is 0.164 e. The second-order valence-corrected chi connectivity index (χ2v) is 16.8. The second-order valence-electron chi connectivity index (χ2n) is 16.8. The Kier molecular flexibility index (Phi) is 7.59. The lowest BCUT2D eigenvalue weighted by molar-refractivity contribution is 0.669. The van der Waals surface area contributed by atoms with Gasteiger partial charge in [0, 0.05) is 66.1 Å². The molecule has 0 spiro atoms. The summed E-state index contributed by atoms with van der Waals surface area (Å²) >= 11 is 0. The molecule has 14 aromatic rings. The van der Waals surface area contributed by atoms with Gasteiger partial charge < -0.3 is 13.6 Å². The van der Waals surface area contributed by atoms with Crippen LogP contribution in [0.5, 0.6) is 0 Å². The van der Waals surface area contributed by atoms with E-state index in [4.69, 9.17) is 19.4 Å². The van der Waals surface area contributed by atoms with Crippen molar-refractivity contribution < 1.29 is 4.42 Å². The Balaban J connectivity index is 0.967. The molecule has 6 heteroatoms. The fraction of sp³-hybridized carbons (Fsp3) is 0. The molecule has 0 amide bonds. The van der Waals surface area contributed by atoms with Crippen LogP contribution in [0.3, 0.4) is 0 Å². The number of para-hydroxylation sites is 3. The molecular formula is C59H35N5O. The van der Waals surface area contributed by atoms with Crippen molar-refractivity contribution in [3.05, 3.63) is 212 Å². The van der Waals surface area contributed by atoms with Gasteiger partial charge in [-0.3, -0.25) is 0 Å². The molecule has 10 aromatic carbocycles. The number of hydrogen-bond acceptors (Lipinski definition) is 4.